The van der Waals surface area contributed by atoms with Crippen molar-refractivity contribution in [3.05, 3.63) is 46.1 Å². The van der Waals surface area contributed by atoms with Gasteiger partial charge in [-0.05, 0) is 25.1 Å². The molecule has 0 unspecified atom stereocenters. The molecule has 0 N–H and O–H groups in total. The average Bonchev–Trinajstić information content (AvgIpc) is 3.24. The molecule has 0 fully saturated rings. The highest BCUT2D eigenvalue weighted by atomic mass is 32.1. The Labute approximate surface area is 156 Å². The number of esters is 2. The number of benzene rings is 1. The Morgan fingerprint density at radius 3 is 2.63 bits per heavy atom. The number of thiazole rings is 1. The summed E-state index contributed by atoms with van der Waals surface area (Å²) in [5.41, 5.74) is 1.03. The minimum atomic E-state index is -0.606. The third-order valence-corrected chi connectivity index (χ3v) is 4.70. The van der Waals surface area contributed by atoms with Crippen LogP contribution in [0.2, 0.25) is 0 Å². The van der Waals surface area contributed by atoms with Crippen molar-refractivity contribution in [1.82, 2.24) is 9.72 Å². The Bertz CT molecular complexity index is 1110. The summed E-state index contributed by atoms with van der Waals surface area (Å²) in [6.07, 6.45) is 0. The molecule has 0 aliphatic carbocycles. The molecule has 0 saturated heterocycles. The second-order valence-corrected chi connectivity index (χ2v) is 6.47. The molecule has 0 radical (unpaired) electrons. The highest BCUT2D eigenvalue weighted by Gasteiger charge is 2.16. The Hall–Kier alpha value is -3.27. The van der Waals surface area contributed by atoms with Crippen molar-refractivity contribution in [1.29, 1.82) is 0 Å². The highest BCUT2D eigenvalue weighted by molar-refractivity contribution is 7.16. The molecule has 2 heterocycles. The van der Waals surface area contributed by atoms with Gasteiger partial charge in [-0.1, -0.05) is 16.5 Å². The minimum Gasteiger partial charge on any atom is -0.468 e. The molecule has 1 amide bonds. The fraction of sp³-hybridized carbons (Fsp3) is 0.235. The number of methoxy groups -OCH3 is 2. The van der Waals surface area contributed by atoms with Crippen molar-refractivity contribution in [3.8, 4) is 0 Å². The van der Waals surface area contributed by atoms with Crippen LogP contribution in [0.4, 0.5) is 0 Å². The van der Waals surface area contributed by atoms with E-state index in [9.17, 15) is 14.4 Å². The Balaban J connectivity index is 2.15. The Morgan fingerprint density at radius 1 is 1.22 bits per heavy atom. The van der Waals surface area contributed by atoms with Crippen molar-refractivity contribution < 1.29 is 28.4 Å². The SMILES string of the molecule is COC(=O)Cn1c(=NC(=O)c2cc(C)on2)sc2cc(C(=O)OC)ccc21. The van der Waals surface area contributed by atoms with Crippen molar-refractivity contribution in [2.45, 2.75) is 13.5 Å². The van der Waals surface area contributed by atoms with Gasteiger partial charge in [-0.25, -0.2) is 4.79 Å². The summed E-state index contributed by atoms with van der Waals surface area (Å²) >= 11 is 1.15. The van der Waals surface area contributed by atoms with Gasteiger partial charge >= 0.3 is 17.8 Å². The Morgan fingerprint density at radius 2 is 2.00 bits per heavy atom. The van der Waals surface area contributed by atoms with Crippen LogP contribution >= 0.6 is 11.3 Å². The lowest BCUT2D eigenvalue weighted by atomic mass is 10.2. The first kappa shape index (κ1) is 18.5. The van der Waals surface area contributed by atoms with Gasteiger partial charge in [0.15, 0.2) is 10.5 Å². The average molecular weight is 389 g/mol. The zero-order chi connectivity index (χ0) is 19.6. The first-order valence-electron chi connectivity index (χ1n) is 7.74. The quantitative estimate of drug-likeness (QED) is 0.624. The standard InChI is InChI=1S/C17H15N3O6S/c1-9-6-11(19-26-9)15(22)18-17-20(8-14(21)24-2)12-5-4-10(16(23)25-3)7-13(12)27-17/h4-7H,8H2,1-3H3. The number of carbonyl (C=O) groups is 3. The second-order valence-electron chi connectivity index (χ2n) is 5.46. The van der Waals surface area contributed by atoms with Crippen LogP contribution in [0.3, 0.4) is 0 Å². The third kappa shape index (κ3) is 3.80. The van der Waals surface area contributed by atoms with Crippen LogP contribution in [0.5, 0.6) is 0 Å². The summed E-state index contributed by atoms with van der Waals surface area (Å²) in [6.45, 7) is 1.52. The number of amides is 1. The van der Waals surface area contributed by atoms with E-state index in [0.29, 0.717) is 21.5 Å². The number of nitrogens with zero attached hydrogens (tertiary/aromatic N) is 3. The monoisotopic (exact) mass is 389 g/mol. The van der Waals surface area contributed by atoms with Gasteiger partial charge < -0.3 is 18.6 Å². The normalized spacial score (nSPS) is 11.6. The molecule has 3 aromatic rings. The molecule has 1 aromatic carbocycles. The molecule has 0 saturated carbocycles. The number of fused-ring (bicyclic) bond motifs is 1. The van der Waals surface area contributed by atoms with Crippen LogP contribution in [0.15, 0.2) is 33.8 Å². The maximum absolute atomic E-state index is 12.3. The molecule has 9 nitrogen and oxygen atoms in total. The van der Waals surface area contributed by atoms with Crippen molar-refractivity contribution in [3.63, 3.8) is 0 Å². The van der Waals surface area contributed by atoms with Crippen LogP contribution in [0.25, 0.3) is 10.2 Å². The number of carbonyl (C=O) groups excluding carboxylic acids is 3. The van der Waals surface area contributed by atoms with Gasteiger partial charge in [0.25, 0.3) is 0 Å². The summed E-state index contributed by atoms with van der Waals surface area (Å²) in [4.78, 5) is 40.2. The maximum Gasteiger partial charge on any atom is 0.337 e. The van der Waals surface area contributed by atoms with Gasteiger partial charge in [-0.2, -0.15) is 4.99 Å². The molecule has 2 aromatic heterocycles. The molecular formula is C17H15N3O6S. The summed E-state index contributed by atoms with van der Waals surface area (Å²) < 4.78 is 16.5. The van der Waals surface area contributed by atoms with Gasteiger partial charge in [0.2, 0.25) is 0 Å². The Kier molecular flexibility index (Phi) is 5.17. The predicted molar refractivity (Wildman–Crippen MR) is 94.3 cm³/mol. The van der Waals surface area contributed by atoms with E-state index in [2.05, 4.69) is 10.1 Å². The van der Waals surface area contributed by atoms with Gasteiger partial charge in [0.1, 0.15) is 12.3 Å². The minimum absolute atomic E-state index is 0.0600. The number of rotatable bonds is 4. The number of hydrogen-bond donors (Lipinski definition) is 0. The molecule has 140 valence electrons. The molecule has 10 heteroatoms. The van der Waals surface area contributed by atoms with E-state index in [1.54, 1.807) is 25.1 Å². The molecule has 3 rings (SSSR count). The van der Waals surface area contributed by atoms with E-state index in [1.807, 2.05) is 0 Å². The van der Waals surface area contributed by atoms with Gasteiger partial charge in [0, 0.05) is 6.07 Å². The lowest BCUT2D eigenvalue weighted by Gasteiger charge is -2.04. The highest BCUT2D eigenvalue weighted by Crippen LogP contribution is 2.20. The summed E-state index contributed by atoms with van der Waals surface area (Å²) in [6, 6.07) is 6.31. The summed E-state index contributed by atoms with van der Waals surface area (Å²) in [5.74, 6) is -1.12. The molecular weight excluding hydrogens is 374 g/mol. The smallest absolute Gasteiger partial charge is 0.337 e. The molecule has 0 bridgehead atoms. The lowest BCUT2D eigenvalue weighted by molar-refractivity contribution is -0.141. The zero-order valence-electron chi connectivity index (χ0n) is 14.7. The first-order valence-corrected chi connectivity index (χ1v) is 8.55. The molecule has 0 atom stereocenters. The van der Waals surface area contributed by atoms with Gasteiger partial charge in [-0.3, -0.25) is 9.59 Å². The van der Waals surface area contributed by atoms with E-state index in [1.165, 1.54) is 24.9 Å². The maximum atomic E-state index is 12.3. The number of hydrogen-bond acceptors (Lipinski definition) is 8. The van der Waals surface area contributed by atoms with Crippen molar-refractivity contribution >= 4 is 39.4 Å². The van der Waals surface area contributed by atoms with E-state index >= 15 is 0 Å². The third-order valence-electron chi connectivity index (χ3n) is 3.66. The van der Waals surface area contributed by atoms with E-state index in [-0.39, 0.29) is 17.0 Å². The molecule has 0 spiro atoms. The predicted octanol–water partition coefficient (Wildman–Crippen LogP) is 1.70. The fourth-order valence-corrected chi connectivity index (χ4v) is 3.43. The summed E-state index contributed by atoms with van der Waals surface area (Å²) in [7, 11) is 2.56. The fourth-order valence-electron chi connectivity index (χ4n) is 2.36. The van der Waals surface area contributed by atoms with Crippen molar-refractivity contribution in [2.24, 2.45) is 4.99 Å². The van der Waals surface area contributed by atoms with Crippen LogP contribution in [-0.2, 0) is 20.8 Å². The zero-order valence-corrected chi connectivity index (χ0v) is 15.5. The number of ether oxygens (including phenoxy) is 2. The van der Waals surface area contributed by atoms with E-state index < -0.39 is 17.8 Å². The topological polar surface area (TPSA) is 113 Å². The molecule has 0 aliphatic rings. The molecule has 27 heavy (non-hydrogen) atoms. The molecule has 0 aliphatic heterocycles. The van der Waals surface area contributed by atoms with Crippen LogP contribution in [0.1, 0.15) is 26.6 Å². The number of aryl methyl sites for hydroxylation is 1. The van der Waals surface area contributed by atoms with Crippen LogP contribution in [0, 0.1) is 6.92 Å². The van der Waals surface area contributed by atoms with Gasteiger partial charge in [0.05, 0.1) is 30.0 Å². The lowest BCUT2D eigenvalue weighted by Crippen LogP contribution is -2.22. The van der Waals surface area contributed by atoms with Crippen LogP contribution < -0.4 is 4.80 Å². The first-order chi connectivity index (χ1) is 12.9. The second kappa shape index (κ2) is 7.54. The van der Waals surface area contributed by atoms with E-state index in [4.69, 9.17) is 14.0 Å². The van der Waals surface area contributed by atoms with Crippen molar-refractivity contribution in [2.75, 3.05) is 14.2 Å². The largest absolute Gasteiger partial charge is 0.468 e. The van der Waals surface area contributed by atoms with E-state index in [0.717, 1.165) is 11.3 Å². The van der Waals surface area contributed by atoms with Gasteiger partial charge in [-0.15, -0.1) is 0 Å². The number of aromatic nitrogens is 2. The summed E-state index contributed by atoms with van der Waals surface area (Å²) in [5, 5.41) is 3.65. The van der Waals surface area contributed by atoms with Crippen LogP contribution in [-0.4, -0.2) is 41.8 Å².